The van der Waals surface area contributed by atoms with Crippen LogP contribution in [-0.4, -0.2) is 34.5 Å². The van der Waals surface area contributed by atoms with Gasteiger partial charge in [-0.2, -0.15) is 0 Å². The predicted molar refractivity (Wildman–Crippen MR) is 69.2 cm³/mol. The summed E-state index contributed by atoms with van der Waals surface area (Å²) in [6.07, 6.45) is 0.441. The molecule has 0 aromatic heterocycles. The van der Waals surface area contributed by atoms with E-state index in [4.69, 9.17) is 4.74 Å². The first kappa shape index (κ1) is 12.9. The number of esters is 1. The number of fused-ring (bicyclic) bond motifs is 2. The van der Waals surface area contributed by atoms with Crippen LogP contribution in [0.5, 0.6) is 0 Å². The highest BCUT2D eigenvalue weighted by molar-refractivity contribution is 5.91. The molecule has 0 aromatic rings. The number of carbonyl (C=O) groups excluding carboxylic acids is 1. The van der Waals surface area contributed by atoms with E-state index in [2.05, 4.69) is 6.58 Å². The van der Waals surface area contributed by atoms with Gasteiger partial charge in [0.25, 0.3) is 0 Å². The van der Waals surface area contributed by atoms with Crippen LogP contribution in [0, 0.1) is 11.3 Å². The van der Waals surface area contributed by atoms with Crippen molar-refractivity contribution >= 4 is 5.97 Å². The summed E-state index contributed by atoms with van der Waals surface area (Å²) < 4.78 is 5.31. The normalized spacial score (nSPS) is 45.9. The summed E-state index contributed by atoms with van der Waals surface area (Å²) in [5.74, 6) is -0.764. The molecule has 3 aliphatic rings. The second-order valence-corrected chi connectivity index (χ2v) is 6.31. The van der Waals surface area contributed by atoms with Crippen LogP contribution in [0.15, 0.2) is 23.3 Å². The van der Waals surface area contributed by atoms with Crippen molar-refractivity contribution in [2.75, 3.05) is 0 Å². The number of aliphatic hydroxyl groups excluding tert-OH is 2. The molecule has 1 aliphatic heterocycles. The van der Waals surface area contributed by atoms with Gasteiger partial charge in [0.1, 0.15) is 6.10 Å². The van der Waals surface area contributed by atoms with E-state index < -0.39 is 23.6 Å². The summed E-state index contributed by atoms with van der Waals surface area (Å²) in [7, 11) is 0. The van der Waals surface area contributed by atoms with Crippen molar-refractivity contribution in [2.45, 2.75) is 51.4 Å². The van der Waals surface area contributed by atoms with Crippen LogP contribution in [-0.2, 0) is 9.53 Å². The molecule has 0 spiro atoms. The summed E-state index contributed by atoms with van der Waals surface area (Å²) in [6, 6.07) is 0. The van der Waals surface area contributed by atoms with E-state index in [9.17, 15) is 15.0 Å². The Balaban J connectivity index is 2.09. The highest BCUT2D eigenvalue weighted by Gasteiger charge is 2.57. The summed E-state index contributed by atoms with van der Waals surface area (Å²) in [4.78, 5) is 11.6. The molecule has 2 N–H and O–H groups in total. The SMILES string of the molecule is C=C1C(=O)O[C@H]2C[C@]3(C)C(=C(C)CC[C@H]3O)[C@@H](O)[C@H]12. The number of hydrogen-bond donors (Lipinski definition) is 2. The van der Waals surface area contributed by atoms with Crippen molar-refractivity contribution in [3.05, 3.63) is 23.3 Å². The number of rotatable bonds is 0. The van der Waals surface area contributed by atoms with Crippen LogP contribution < -0.4 is 0 Å². The standard InChI is InChI=1S/C15H20O4/c1-7-4-5-10(16)15(3)6-9-11(13(17)12(7)15)8(2)14(18)19-9/h9-11,13,16-17H,2,4-6H2,1,3H3/t9-,10+,11+,13-,15-/m0/s1. The number of ether oxygens (including phenoxy) is 1. The van der Waals surface area contributed by atoms with E-state index in [0.717, 1.165) is 17.6 Å². The van der Waals surface area contributed by atoms with Crippen molar-refractivity contribution in [1.82, 2.24) is 0 Å². The molecule has 1 saturated carbocycles. The molecule has 1 heterocycles. The fourth-order valence-corrected chi connectivity index (χ4v) is 4.12. The van der Waals surface area contributed by atoms with Gasteiger partial charge >= 0.3 is 5.97 Å². The molecule has 2 fully saturated rings. The topological polar surface area (TPSA) is 66.8 Å². The molecule has 0 unspecified atom stereocenters. The van der Waals surface area contributed by atoms with Crippen LogP contribution in [0.25, 0.3) is 0 Å². The maximum absolute atomic E-state index is 11.6. The zero-order valence-electron chi connectivity index (χ0n) is 11.3. The lowest BCUT2D eigenvalue weighted by molar-refractivity contribution is -0.143. The Kier molecular flexibility index (Phi) is 2.67. The zero-order chi connectivity index (χ0) is 13.9. The van der Waals surface area contributed by atoms with Crippen LogP contribution in [0.4, 0.5) is 0 Å². The summed E-state index contributed by atoms with van der Waals surface area (Å²) in [5.41, 5.74) is 1.89. The van der Waals surface area contributed by atoms with E-state index in [1.165, 1.54) is 0 Å². The summed E-state index contributed by atoms with van der Waals surface area (Å²) in [6.45, 7) is 7.72. The van der Waals surface area contributed by atoms with Crippen molar-refractivity contribution in [3.8, 4) is 0 Å². The van der Waals surface area contributed by atoms with Crippen LogP contribution in [0.1, 0.15) is 33.1 Å². The van der Waals surface area contributed by atoms with E-state index in [1.807, 2.05) is 13.8 Å². The fraction of sp³-hybridized carbons (Fsp3) is 0.667. The Bertz CT molecular complexity index is 492. The van der Waals surface area contributed by atoms with Crippen LogP contribution in [0.2, 0.25) is 0 Å². The first-order valence-corrected chi connectivity index (χ1v) is 6.82. The largest absolute Gasteiger partial charge is 0.458 e. The molecule has 19 heavy (non-hydrogen) atoms. The van der Waals surface area contributed by atoms with Crippen LogP contribution >= 0.6 is 0 Å². The van der Waals surface area contributed by atoms with E-state index in [0.29, 0.717) is 18.4 Å². The van der Waals surface area contributed by atoms with Gasteiger partial charge in [-0.25, -0.2) is 4.79 Å². The average Bonchev–Trinajstić information content (AvgIpc) is 2.60. The Morgan fingerprint density at radius 2 is 2.11 bits per heavy atom. The minimum absolute atomic E-state index is 0.351. The van der Waals surface area contributed by atoms with Gasteiger partial charge in [0, 0.05) is 11.0 Å². The second kappa shape index (κ2) is 3.93. The highest BCUT2D eigenvalue weighted by Crippen LogP contribution is 2.54. The minimum atomic E-state index is -0.766. The Morgan fingerprint density at radius 3 is 2.79 bits per heavy atom. The number of allylic oxidation sites excluding steroid dienone is 1. The van der Waals surface area contributed by atoms with Crippen molar-refractivity contribution in [3.63, 3.8) is 0 Å². The monoisotopic (exact) mass is 264 g/mol. The first-order valence-electron chi connectivity index (χ1n) is 6.82. The second-order valence-electron chi connectivity index (χ2n) is 6.31. The minimum Gasteiger partial charge on any atom is -0.458 e. The van der Waals surface area contributed by atoms with Gasteiger partial charge in [0.15, 0.2) is 0 Å². The predicted octanol–water partition coefficient (Wildman–Crippen LogP) is 1.33. The molecular formula is C15H20O4. The lowest BCUT2D eigenvalue weighted by Crippen LogP contribution is -2.52. The lowest BCUT2D eigenvalue weighted by Gasteiger charge is -2.50. The van der Waals surface area contributed by atoms with Gasteiger partial charge in [-0.05, 0) is 31.8 Å². The van der Waals surface area contributed by atoms with Gasteiger partial charge < -0.3 is 14.9 Å². The Morgan fingerprint density at radius 1 is 1.42 bits per heavy atom. The van der Waals surface area contributed by atoms with Crippen molar-refractivity contribution < 1.29 is 19.7 Å². The molecule has 4 nitrogen and oxygen atoms in total. The Labute approximate surface area is 112 Å². The van der Waals surface area contributed by atoms with Gasteiger partial charge in [-0.1, -0.05) is 19.1 Å². The van der Waals surface area contributed by atoms with Crippen molar-refractivity contribution in [1.29, 1.82) is 0 Å². The molecule has 0 bridgehead atoms. The van der Waals surface area contributed by atoms with Gasteiger partial charge in [0.05, 0.1) is 18.1 Å². The van der Waals surface area contributed by atoms with Gasteiger partial charge in [-0.15, -0.1) is 0 Å². The summed E-state index contributed by atoms with van der Waals surface area (Å²) in [5, 5.41) is 21.0. The van der Waals surface area contributed by atoms with E-state index in [1.54, 1.807) is 0 Å². The van der Waals surface area contributed by atoms with Crippen molar-refractivity contribution in [2.24, 2.45) is 11.3 Å². The maximum Gasteiger partial charge on any atom is 0.334 e. The molecule has 0 radical (unpaired) electrons. The average molecular weight is 264 g/mol. The van der Waals surface area contributed by atoms with E-state index >= 15 is 0 Å². The molecule has 0 aromatic carbocycles. The van der Waals surface area contributed by atoms with Gasteiger partial charge in [-0.3, -0.25) is 0 Å². The molecule has 3 rings (SSSR count). The molecule has 5 atom stereocenters. The van der Waals surface area contributed by atoms with Crippen LogP contribution in [0.3, 0.4) is 0 Å². The molecule has 2 aliphatic carbocycles. The maximum atomic E-state index is 11.6. The molecule has 4 heteroatoms. The number of aliphatic hydroxyl groups is 2. The quantitative estimate of drug-likeness (QED) is 0.393. The molecule has 0 amide bonds. The third-order valence-corrected chi connectivity index (χ3v) is 5.19. The molecular weight excluding hydrogens is 244 g/mol. The molecule has 104 valence electrons. The third-order valence-electron chi connectivity index (χ3n) is 5.19. The third kappa shape index (κ3) is 1.56. The Hall–Kier alpha value is -1.13. The first-order chi connectivity index (χ1) is 8.86. The number of carbonyl (C=O) groups is 1. The lowest BCUT2D eigenvalue weighted by atomic mass is 9.58. The summed E-state index contributed by atoms with van der Waals surface area (Å²) >= 11 is 0. The zero-order valence-corrected chi connectivity index (χ0v) is 11.3. The van der Waals surface area contributed by atoms with Gasteiger partial charge in [0.2, 0.25) is 0 Å². The number of hydrogen-bond acceptors (Lipinski definition) is 4. The highest BCUT2D eigenvalue weighted by atomic mass is 16.6. The molecule has 1 saturated heterocycles. The fourth-order valence-electron chi connectivity index (χ4n) is 4.12. The van der Waals surface area contributed by atoms with E-state index in [-0.39, 0.29) is 12.0 Å². The smallest absolute Gasteiger partial charge is 0.334 e.